The lowest BCUT2D eigenvalue weighted by molar-refractivity contribution is 0.269. The van der Waals surface area contributed by atoms with Crippen molar-refractivity contribution in [1.82, 2.24) is 4.31 Å². The number of piperidine rings is 1. The molecule has 118 valence electrons. The third-order valence-corrected chi connectivity index (χ3v) is 6.25. The van der Waals surface area contributed by atoms with Crippen LogP contribution in [0.5, 0.6) is 0 Å². The lowest BCUT2D eigenvalue weighted by Gasteiger charge is -2.30. The summed E-state index contributed by atoms with van der Waals surface area (Å²) in [5, 5.41) is 8.82. The Morgan fingerprint density at radius 2 is 1.81 bits per heavy atom. The minimum Gasteiger partial charge on any atom is -0.396 e. The molecule has 1 aromatic rings. The van der Waals surface area contributed by atoms with Gasteiger partial charge in [0.25, 0.3) is 0 Å². The standard InChI is InChI=1S/C16H25NO3S/c1-2-14-9-11-17(12-10-14)21(19,20)16-7-5-15(6-8-16)4-3-13-18/h5-8,14,18H,2-4,9-13H2,1H3. The summed E-state index contributed by atoms with van der Waals surface area (Å²) in [5.41, 5.74) is 1.06. The molecule has 0 radical (unpaired) electrons. The minimum atomic E-state index is -3.35. The summed E-state index contributed by atoms with van der Waals surface area (Å²) in [5.74, 6) is 0.664. The van der Waals surface area contributed by atoms with Gasteiger partial charge in [-0.1, -0.05) is 25.5 Å². The molecular formula is C16H25NO3S. The average Bonchev–Trinajstić information content (AvgIpc) is 2.53. The molecule has 0 atom stereocenters. The second kappa shape index (κ2) is 7.38. The Bertz CT molecular complexity index is 531. The van der Waals surface area contributed by atoms with Crippen LogP contribution >= 0.6 is 0 Å². The smallest absolute Gasteiger partial charge is 0.243 e. The number of hydrogen-bond donors (Lipinski definition) is 1. The molecule has 0 aromatic heterocycles. The van der Waals surface area contributed by atoms with Crippen molar-refractivity contribution in [2.45, 2.75) is 43.9 Å². The highest BCUT2D eigenvalue weighted by atomic mass is 32.2. The number of aryl methyl sites for hydroxylation is 1. The van der Waals surface area contributed by atoms with Crippen molar-refractivity contribution in [3.8, 4) is 0 Å². The maximum absolute atomic E-state index is 12.6. The van der Waals surface area contributed by atoms with Crippen LogP contribution in [0.3, 0.4) is 0 Å². The summed E-state index contributed by atoms with van der Waals surface area (Å²) in [6, 6.07) is 7.07. The third-order valence-electron chi connectivity index (χ3n) is 4.34. The van der Waals surface area contributed by atoms with E-state index in [9.17, 15) is 8.42 Å². The maximum atomic E-state index is 12.6. The molecule has 1 aliphatic heterocycles. The summed E-state index contributed by atoms with van der Waals surface area (Å²) in [6.45, 7) is 3.59. The predicted molar refractivity (Wildman–Crippen MR) is 83.6 cm³/mol. The molecule has 2 rings (SSSR count). The molecule has 1 saturated heterocycles. The molecule has 0 saturated carbocycles. The summed E-state index contributed by atoms with van der Waals surface area (Å²) in [7, 11) is -3.35. The fraction of sp³-hybridized carbons (Fsp3) is 0.625. The number of nitrogens with zero attached hydrogens (tertiary/aromatic N) is 1. The van der Waals surface area contributed by atoms with Gasteiger partial charge in [0.05, 0.1) is 4.90 Å². The maximum Gasteiger partial charge on any atom is 0.243 e. The number of rotatable bonds is 6. The Morgan fingerprint density at radius 1 is 1.19 bits per heavy atom. The predicted octanol–water partition coefficient (Wildman–Crippen LogP) is 2.42. The largest absolute Gasteiger partial charge is 0.396 e. The molecule has 1 N–H and O–H groups in total. The Balaban J connectivity index is 2.05. The van der Waals surface area contributed by atoms with Crippen LogP contribution in [-0.2, 0) is 16.4 Å². The number of sulfonamides is 1. The van der Waals surface area contributed by atoms with E-state index in [1.165, 1.54) is 0 Å². The van der Waals surface area contributed by atoms with Crippen molar-refractivity contribution >= 4 is 10.0 Å². The molecule has 4 nitrogen and oxygen atoms in total. The Morgan fingerprint density at radius 3 is 2.33 bits per heavy atom. The van der Waals surface area contributed by atoms with E-state index in [0.717, 1.165) is 31.2 Å². The molecule has 1 aliphatic rings. The van der Waals surface area contributed by atoms with Crippen LogP contribution < -0.4 is 0 Å². The Hall–Kier alpha value is -0.910. The van der Waals surface area contributed by atoms with E-state index in [2.05, 4.69) is 6.92 Å². The van der Waals surface area contributed by atoms with Gasteiger partial charge in [-0.3, -0.25) is 0 Å². The van der Waals surface area contributed by atoms with Crippen molar-refractivity contribution in [2.75, 3.05) is 19.7 Å². The van der Waals surface area contributed by atoms with Crippen LogP contribution in [0, 0.1) is 5.92 Å². The summed E-state index contributed by atoms with van der Waals surface area (Å²) in [4.78, 5) is 0.380. The molecule has 0 bridgehead atoms. The normalized spacial score (nSPS) is 18.0. The molecule has 0 unspecified atom stereocenters. The monoisotopic (exact) mass is 311 g/mol. The van der Waals surface area contributed by atoms with Gasteiger partial charge in [0.15, 0.2) is 0 Å². The molecule has 5 heteroatoms. The highest BCUT2D eigenvalue weighted by Crippen LogP contribution is 2.25. The number of hydrogen-bond acceptors (Lipinski definition) is 3. The molecule has 1 aromatic carbocycles. The SMILES string of the molecule is CCC1CCN(S(=O)(=O)c2ccc(CCCO)cc2)CC1. The number of aliphatic hydroxyl groups is 1. The van der Waals surface area contributed by atoms with Gasteiger partial charge in [0.2, 0.25) is 10.0 Å². The molecular weight excluding hydrogens is 286 g/mol. The highest BCUT2D eigenvalue weighted by molar-refractivity contribution is 7.89. The zero-order chi connectivity index (χ0) is 15.3. The van der Waals surface area contributed by atoms with Gasteiger partial charge >= 0.3 is 0 Å². The van der Waals surface area contributed by atoms with Crippen molar-refractivity contribution in [3.05, 3.63) is 29.8 Å². The molecule has 0 amide bonds. The quantitative estimate of drug-likeness (QED) is 0.878. The van der Waals surface area contributed by atoms with E-state index in [0.29, 0.717) is 30.3 Å². The van der Waals surface area contributed by atoms with Crippen LogP contribution in [0.4, 0.5) is 0 Å². The number of benzene rings is 1. The minimum absolute atomic E-state index is 0.159. The van der Waals surface area contributed by atoms with Gasteiger partial charge in [-0.15, -0.1) is 0 Å². The first-order valence-electron chi connectivity index (χ1n) is 7.78. The zero-order valence-electron chi connectivity index (χ0n) is 12.7. The van der Waals surface area contributed by atoms with Crippen LogP contribution in [0.15, 0.2) is 29.2 Å². The summed E-state index contributed by atoms with van der Waals surface area (Å²) < 4.78 is 26.8. The van der Waals surface area contributed by atoms with E-state index in [1.807, 2.05) is 12.1 Å². The molecule has 0 spiro atoms. The van der Waals surface area contributed by atoms with Crippen LogP contribution in [0.1, 0.15) is 38.2 Å². The Labute approximate surface area is 127 Å². The average molecular weight is 311 g/mol. The molecule has 1 heterocycles. The molecule has 1 fully saturated rings. The lowest BCUT2D eigenvalue weighted by atomic mass is 9.96. The van der Waals surface area contributed by atoms with E-state index in [4.69, 9.17) is 5.11 Å². The lowest BCUT2D eigenvalue weighted by Crippen LogP contribution is -2.38. The van der Waals surface area contributed by atoms with Gasteiger partial charge in [-0.25, -0.2) is 8.42 Å². The van der Waals surface area contributed by atoms with Crippen molar-refractivity contribution in [1.29, 1.82) is 0 Å². The topological polar surface area (TPSA) is 57.6 Å². The van der Waals surface area contributed by atoms with E-state index in [-0.39, 0.29) is 6.61 Å². The van der Waals surface area contributed by atoms with Crippen molar-refractivity contribution in [2.24, 2.45) is 5.92 Å². The van der Waals surface area contributed by atoms with E-state index < -0.39 is 10.0 Å². The Kier molecular flexibility index (Phi) is 5.79. The summed E-state index contributed by atoms with van der Waals surface area (Å²) >= 11 is 0. The van der Waals surface area contributed by atoms with Gasteiger partial charge < -0.3 is 5.11 Å². The van der Waals surface area contributed by atoms with Crippen LogP contribution in [0.2, 0.25) is 0 Å². The van der Waals surface area contributed by atoms with Gasteiger partial charge in [0.1, 0.15) is 0 Å². The van der Waals surface area contributed by atoms with Gasteiger partial charge in [-0.2, -0.15) is 4.31 Å². The molecule has 21 heavy (non-hydrogen) atoms. The van der Waals surface area contributed by atoms with Crippen molar-refractivity contribution in [3.63, 3.8) is 0 Å². The van der Waals surface area contributed by atoms with E-state index >= 15 is 0 Å². The fourth-order valence-corrected chi connectivity index (χ4v) is 4.29. The van der Waals surface area contributed by atoms with Gasteiger partial charge in [0, 0.05) is 19.7 Å². The first-order valence-corrected chi connectivity index (χ1v) is 9.22. The second-order valence-electron chi connectivity index (χ2n) is 5.73. The van der Waals surface area contributed by atoms with Gasteiger partial charge in [-0.05, 0) is 49.3 Å². The third kappa shape index (κ3) is 4.05. The second-order valence-corrected chi connectivity index (χ2v) is 7.66. The first kappa shape index (κ1) is 16.5. The zero-order valence-corrected chi connectivity index (χ0v) is 13.5. The molecule has 0 aliphatic carbocycles. The van der Waals surface area contributed by atoms with E-state index in [1.54, 1.807) is 16.4 Å². The number of aliphatic hydroxyl groups excluding tert-OH is 1. The summed E-state index contributed by atoms with van der Waals surface area (Å²) in [6.07, 6.45) is 4.54. The van der Waals surface area contributed by atoms with Crippen LogP contribution in [-0.4, -0.2) is 37.5 Å². The van der Waals surface area contributed by atoms with Crippen molar-refractivity contribution < 1.29 is 13.5 Å². The van der Waals surface area contributed by atoms with Crippen LogP contribution in [0.25, 0.3) is 0 Å². The highest BCUT2D eigenvalue weighted by Gasteiger charge is 2.28. The first-order chi connectivity index (χ1) is 10.1. The fourth-order valence-electron chi connectivity index (χ4n) is 2.82.